The van der Waals surface area contributed by atoms with Crippen LogP contribution in [0.5, 0.6) is 0 Å². The van der Waals surface area contributed by atoms with Crippen molar-refractivity contribution in [3.8, 4) is 23.0 Å². The second kappa shape index (κ2) is 10.9. The van der Waals surface area contributed by atoms with E-state index in [0.717, 1.165) is 11.3 Å². The fourth-order valence-electron chi connectivity index (χ4n) is 3.83. The minimum Gasteiger partial charge on any atom is -0.334 e. The van der Waals surface area contributed by atoms with Gasteiger partial charge in [0.2, 0.25) is 5.91 Å². The number of nitro benzene ring substituents is 1. The van der Waals surface area contributed by atoms with Crippen LogP contribution in [0.4, 0.5) is 5.69 Å². The fraction of sp³-hybridized carbons (Fsp3) is 0.107. The molecule has 0 spiro atoms. The lowest BCUT2D eigenvalue weighted by Crippen LogP contribution is -2.32. The van der Waals surface area contributed by atoms with Crippen molar-refractivity contribution >= 4 is 11.6 Å². The number of carbonyl (C=O) groups is 1. The van der Waals surface area contributed by atoms with E-state index >= 15 is 0 Å². The van der Waals surface area contributed by atoms with Crippen LogP contribution in [0.25, 0.3) is 16.9 Å². The molecule has 0 fully saturated rings. The van der Waals surface area contributed by atoms with Crippen LogP contribution in [0.2, 0.25) is 0 Å². The average molecular weight is 478 g/mol. The van der Waals surface area contributed by atoms with Crippen molar-refractivity contribution in [3.05, 3.63) is 125 Å². The number of aromatic nitrogens is 2. The third kappa shape index (κ3) is 5.54. The molecule has 4 rings (SSSR count). The summed E-state index contributed by atoms with van der Waals surface area (Å²) in [5, 5.41) is 24.8. The molecule has 3 aromatic carbocycles. The molecular weight excluding hydrogens is 454 g/mol. The van der Waals surface area contributed by atoms with E-state index < -0.39 is 4.92 Å². The summed E-state index contributed by atoms with van der Waals surface area (Å²) in [6, 6.07) is 24.9. The Labute approximate surface area is 208 Å². The Morgan fingerprint density at radius 3 is 2.39 bits per heavy atom. The van der Waals surface area contributed by atoms with Crippen molar-refractivity contribution in [2.75, 3.05) is 6.54 Å². The van der Waals surface area contributed by atoms with Gasteiger partial charge in [-0.05, 0) is 42.0 Å². The van der Waals surface area contributed by atoms with Gasteiger partial charge in [-0.25, -0.2) is 4.68 Å². The summed E-state index contributed by atoms with van der Waals surface area (Å²) in [4.78, 5) is 25.7. The van der Waals surface area contributed by atoms with E-state index in [0.29, 0.717) is 35.5 Å². The van der Waals surface area contributed by atoms with Gasteiger partial charge in [-0.3, -0.25) is 14.9 Å². The molecule has 8 heteroatoms. The molecule has 0 aliphatic rings. The van der Waals surface area contributed by atoms with Gasteiger partial charge in [0.25, 0.3) is 5.69 Å². The van der Waals surface area contributed by atoms with Crippen LogP contribution in [0, 0.1) is 21.4 Å². The smallest absolute Gasteiger partial charge is 0.269 e. The van der Waals surface area contributed by atoms with Gasteiger partial charge in [-0.15, -0.1) is 6.58 Å². The Hall–Kier alpha value is -5.03. The number of nitro groups is 1. The number of amides is 1. The normalized spacial score (nSPS) is 10.4. The van der Waals surface area contributed by atoms with Crippen LogP contribution >= 0.6 is 0 Å². The highest BCUT2D eigenvalue weighted by molar-refractivity contribution is 5.81. The lowest BCUT2D eigenvalue weighted by Gasteiger charge is -2.21. The Kier molecular flexibility index (Phi) is 7.32. The van der Waals surface area contributed by atoms with Gasteiger partial charge < -0.3 is 4.90 Å². The van der Waals surface area contributed by atoms with E-state index in [-0.39, 0.29) is 18.0 Å². The summed E-state index contributed by atoms with van der Waals surface area (Å²) in [7, 11) is 0. The van der Waals surface area contributed by atoms with Crippen LogP contribution in [-0.4, -0.2) is 32.1 Å². The van der Waals surface area contributed by atoms with E-state index in [1.807, 2.05) is 48.7 Å². The topological polar surface area (TPSA) is 105 Å². The summed E-state index contributed by atoms with van der Waals surface area (Å²) in [6.07, 6.45) is 3.58. The van der Waals surface area contributed by atoms with Crippen molar-refractivity contribution in [1.82, 2.24) is 14.7 Å². The lowest BCUT2D eigenvalue weighted by atomic mass is 10.0. The van der Waals surface area contributed by atoms with Crippen LogP contribution < -0.4 is 0 Å². The molecule has 1 heterocycles. The number of hydrogen-bond acceptors (Lipinski definition) is 5. The zero-order valence-electron chi connectivity index (χ0n) is 19.4. The minimum atomic E-state index is -0.451. The molecule has 0 unspecified atom stereocenters. The van der Waals surface area contributed by atoms with Gasteiger partial charge in [-0.1, -0.05) is 36.4 Å². The van der Waals surface area contributed by atoms with Crippen molar-refractivity contribution < 1.29 is 9.72 Å². The second-order valence-electron chi connectivity index (χ2n) is 8.14. The molecule has 0 aliphatic carbocycles. The molecule has 178 valence electrons. The van der Waals surface area contributed by atoms with E-state index in [1.54, 1.807) is 39.9 Å². The summed E-state index contributed by atoms with van der Waals surface area (Å²) >= 11 is 0. The molecule has 0 saturated carbocycles. The first-order chi connectivity index (χ1) is 17.5. The highest BCUT2D eigenvalue weighted by Gasteiger charge is 2.20. The number of hydrogen-bond donors (Lipinski definition) is 0. The maximum Gasteiger partial charge on any atom is 0.269 e. The van der Waals surface area contributed by atoms with E-state index in [4.69, 9.17) is 10.4 Å². The van der Waals surface area contributed by atoms with Crippen molar-refractivity contribution in [2.24, 2.45) is 0 Å². The Balaban J connectivity index is 1.65. The zero-order chi connectivity index (χ0) is 25.5. The minimum absolute atomic E-state index is 0.0153. The molecule has 1 aromatic heterocycles. The molecule has 0 bridgehead atoms. The highest BCUT2D eigenvalue weighted by Crippen LogP contribution is 2.27. The summed E-state index contributed by atoms with van der Waals surface area (Å²) < 4.78 is 1.71. The van der Waals surface area contributed by atoms with Crippen molar-refractivity contribution in [2.45, 2.75) is 13.0 Å². The molecule has 0 saturated heterocycles. The van der Waals surface area contributed by atoms with Crippen LogP contribution in [0.15, 0.2) is 97.7 Å². The summed E-state index contributed by atoms with van der Waals surface area (Å²) in [6.45, 7) is 4.51. The second-order valence-corrected chi connectivity index (χ2v) is 8.14. The molecule has 0 aliphatic heterocycles. The standard InChI is InChI=1S/C28H23N5O3/c1-2-16-31(19-22-10-8-21(18-29)9-11-22)27(34)17-24-20-32(25-6-4-3-5-7-25)30-28(24)23-12-14-26(15-13-23)33(35)36/h2-15,20H,1,16-17,19H2. The average Bonchev–Trinajstić information content (AvgIpc) is 3.33. The Bertz CT molecular complexity index is 1420. The lowest BCUT2D eigenvalue weighted by molar-refractivity contribution is -0.384. The van der Waals surface area contributed by atoms with Gasteiger partial charge >= 0.3 is 0 Å². The first-order valence-corrected chi connectivity index (χ1v) is 11.2. The number of nitrogens with zero attached hydrogens (tertiary/aromatic N) is 5. The number of nitriles is 1. The van der Waals surface area contributed by atoms with Crippen molar-refractivity contribution in [3.63, 3.8) is 0 Å². The fourth-order valence-corrected chi connectivity index (χ4v) is 3.83. The van der Waals surface area contributed by atoms with Gasteiger partial charge in [0.1, 0.15) is 0 Å². The quantitative estimate of drug-likeness (QED) is 0.190. The molecule has 0 N–H and O–H groups in total. The SMILES string of the molecule is C=CCN(Cc1ccc(C#N)cc1)C(=O)Cc1cn(-c2ccccc2)nc1-c1ccc([N+](=O)[O-])cc1. The maximum absolute atomic E-state index is 13.4. The molecule has 0 radical (unpaired) electrons. The Morgan fingerprint density at radius 1 is 1.08 bits per heavy atom. The van der Waals surface area contributed by atoms with Gasteiger partial charge in [0.05, 0.1) is 34.4 Å². The first-order valence-electron chi connectivity index (χ1n) is 11.2. The predicted octanol–water partition coefficient (Wildman–Crippen LogP) is 5.08. The number of para-hydroxylation sites is 1. The van der Waals surface area contributed by atoms with Crippen LogP contribution in [0.1, 0.15) is 16.7 Å². The molecule has 36 heavy (non-hydrogen) atoms. The molecule has 1 amide bonds. The predicted molar refractivity (Wildman–Crippen MR) is 136 cm³/mol. The largest absolute Gasteiger partial charge is 0.334 e. The summed E-state index contributed by atoms with van der Waals surface area (Å²) in [5.74, 6) is -0.116. The molecule has 4 aromatic rings. The van der Waals surface area contributed by atoms with Gasteiger partial charge in [0.15, 0.2) is 0 Å². The molecule has 8 nitrogen and oxygen atoms in total. The van der Waals surface area contributed by atoms with Crippen molar-refractivity contribution in [1.29, 1.82) is 5.26 Å². The maximum atomic E-state index is 13.4. The summed E-state index contributed by atoms with van der Waals surface area (Å²) in [5.41, 5.74) is 4.24. The number of non-ortho nitro benzene ring substituents is 1. The molecule has 0 atom stereocenters. The molecular formula is C28H23N5O3. The third-order valence-electron chi connectivity index (χ3n) is 5.66. The number of benzene rings is 3. The van der Waals surface area contributed by atoms with Gasteiger partial charge in [-0.2, -0.15) is 10.4 Å². The number of rotatable bonds is 9. The van der Waals surface area contributed by atoms with Gasteiger partial charge in [0, 0.05) is 42.5 Å². The Morgan fingerprint density at radius 2 is 1.78 bits per heavy atom. The van der Waals surface area contributed by atoms with E-state index in [2.05, 4.69) is 12.6 Å². The first kappa shape index (κ1) is 24.1. The monoisotopic (exact) mass is 477 g/mol. The number of carbonyl (C=O) groups excluding carboxylic acids is 1. The van der Waals surface area contributed by atoms with Crippen LogP contribution in [-0.2, 0) is 17.8 Å². The van der Waals surface area contributed by atoms with Crippen LogP contribution in [0.3, 0.4) is 0 Å². The highest BCUT2D eigenvalue weighted by atomic mass is 16.6. The van der Waals surface area contributed by atoms with E-state index in [1.165, 1.54) is 12.1 Å². The van der Waals surface area contributed by atoms with E-state index in [9.17, 15) is 14.9 Å². The zero-order valence-corrected chi connectivity index (χ0v) is 19.4. The third-order valence-corrected chi connectivity index (χ3v) is 5.66.